The number of aromatic nitrogens is 4. The van der Waals surface area contributed by atoms with Crippen LogP contribution in [0.15, 0.2) is 16.8 Å². The molecule has 84 valence electrons. The number of aryl methyl sites for hydroxylation is 1. The molecule has 0 bridgehead atoms. The van der Waals surface area contributed by atoms with Crippen molar-refractivity contribution in [3.63, 3.8) is 0 Å². The van der Waals surface area contributed by atoms with Crippen LogP contribution in [-0.4, -0.2) is 20.2 Å². The topological polar surface area (TPSA) is 64.7 Å². The van der Waals surface area contributed by atoms with E-state index in [1.807, 2.05) is 33.8 Å². The molecule has 2 rings (SSSR count). The normalized spacial score (nSPS) is 11.8. The highest BCUT2D eigenvalue weighted by Gasteiger charge is 2.22. The highest BCUT2D eigenvalue weighted by atomic mass is 16.4. The highest BCUT2D eigenvalue weighted by molar-refractivity contribution is 5.45. The molecule has 0 spiro atoms. The van der Waals surface area contributed by atoms with Crippen molar-refractivity contribution in [1.82, 2.24) is 20.2 Å². The Morgan fingerprint density at radius 2 is 1.88 bits per heavy atom. The third-order valence-electron chi connectivity index (χ3n) is 2.09. The van der Waals surface area contributed by atoms with E-state index in [9.17, 15) is 0 Å². The minimum atomic E-state index is -0.146. The summed E-state index contributed by atoms with van der Waals surface area (Å²) in [4.78, 5) is 8.12. The van der Waals surface area contributed by atoms with Crippen LogP contribution in [0.25, 0.3) is 11.6 Å². The third-order valence-corrected chi connectivity index (χ3v) is 2.09. The van der Waals surface area contributed by atoms with Gasteiger partial charge in [0, 0.05) is 11.1 Å². The summed E-state index contributed by atoms with van der Waals surface area (Å²) >= 11 is 0. The maximum Gasteiger partial charge on any atom is 0.266 e. The molecule has 0 aliphatic heterocycles. The SMILES string of the molecule is Cc1cc(-c2nnc(C(C)(C)C)o2)ncn1. The van der Waals surface area contributed by atoms with Crippen molar-refractivity contribution in [3.8, 4) is 11.6 Å². The predicted molar refractivity (Wildman–Crippen MR) is 58.8 cm³/mol. The number of nitrogens with zero attached hydrogens (tertiary/aromatic N) is 4. The van der Waals surface area contributed by atoms with Crippen LogP contribution in [0.1, 0.15) is 32.4 Å². The van der Waals surface area contributed by atoms with Crippen molar-refractivity contribution in [1.29, 1.82) is 0 Å². The molecule has 0 atom stereocenters. The zero-order chi connectivity index (χ0) is 11.8. The van der Waals surface area contributed by atoms with Gasteiger partial charge in [-0.1, -0.05) is 20.8 Å². The van der Waals surface area contributed by atoms with E-state index in [0.29, 0.717) is 17.5 Å². The van der Waals surface area contributed by atoms with Crippen molar-refractivity contribution in [2.75, 3.05) is 0 Å². The van der Waals surface area contributed by atoms with Crippen LogP contribution in [-0.2, 0) is 5.41 Å². The molecule has 0 fully saturated rings. The predicted octanol–water partition coefficient (Wildman–Crippen LogP) is 2.13. The summed E-state index contributed by atoms with van der Waals surface area (Å²) in [5.41, 5.74) is 1.39. The van der Waals surface area contributed by atoms with Gasteiger partial charge < -0.3 is 4.42 Å². The molecule has 0 N–H and O–H groups in total. The maximum atomic E-state index is 5.58. The molecular formula is C11H14N4O. The minimum absolute atomic E-state index is 0.146. The molecule has 0 unspecified atom stereocenters. The molecule has 0 aromatic carbocycles. The van der Waals surface area contributed by atoms with Gasteiger partial charge in [-0.15, -0.1) is 10.2 Å². The van der Waals surface area contributed by atoms with Crippen LogP contribution >= 0.6 is 0 Å². The van der Waals surface area contributed by atoms with E-state index in [0.717, 1.165) is 5.69 Å². The van der Waals surface area contributed by atoms with Crippen LogP contribution in [0.3, 0.4) is 0 Å². The van der Waals surface area contributed by atoms with Crippen LogP contribution in [0.2, 0.25) is 0 Å². The van der Waals surface area contributed by atoms with Crippen molar-refractivity contribution in [2.45, 2.75) is 33.1 Å². The van der Waals surface area contributed by atoms with Crippen LogP contribution in [0.4, 0.5) is 0 Å². The average Bonchev–Trinajstić information content (AvgIpc) is 2.65. The smallest absolute Gasteiger partial charge is 0.266 e. The summed E-state index contributed by atoms with van der Waals surface area (Å²) in [6.45, 7) is 7.97. The Balaban J connectivity index is 2.39. The molecule has 2 aromatic heterocycles. The Morgan fingerprint density at radius 1 is 1.12 bits per heavy atom. The molecule has 5 nitrogen and oxygen atoms in total. The largest absolute Gasteiger partial charge is 0.419 e. The Hall–Kier alpha value is -1.78. The molecule has 0 radical (unpaired) electrons. The lowest BCUT2D eigenvalue weighted by Gasteiger charge is -2.10. The first-order valence-corrected chi connectivity index (χ1v) is 5.10. The Bertz CT molecular complexity index is 499. The molecule has 16 heavy (non-hydrogen) atoms. The van der Waals surface area contributed by atoms with Gasteiger partial charge in [0.2, 0.25) is 5.89 Å². The van der Waals surface area contributed by atoms with Gasteiger partial charge in [0.1, 0.15) is 12.0 Å². The van der Waals surface area contributed by atoms with E-state index >= 15 is 0 Å². The lowest BCUT2D eigenvalue weighted by atomic mass is 9.97. The van der Waals surface area contributed by atoms with Gasteiger partial charge in [0.25, 0.3) is 5.89 Å². The lowest BCUT2D eigenvalue weighted by molar-refractivity contribution is 0.398. The fourth-order valence-electron chi connectivity index (χ4n) is 1.20. The molecule has 0 amide bonds. The number of hydrogen-bond acceptors (Lipinski definition) is 5. The van der Waals surface area contributed by atoms with Crippen LogP contribution < -0.4 is 0 Å². The van der Waals surface area contributed by atoms with E-state index in [-0.39, 0.29) is 5.41 Å². The second-order valence-electron chi connectivity index (χ2n) is 4.71. The summed E-state index contributed by atoms with van der Waals surface area (Å²) < 4.78 is 5.58. The molecule has 0 aliphatic carbocycles. The first-order chi connectivity index (χ1) is 7.47. The van der Waals surface area contributed by atoms with Gasteiger partial charge >= 0.3 is 0 Å². The van der Waals surface area contributed by atoms with Gasteiger partial charge in [-0.25, -0.2) is 9.97 Å². The van der Waals surface area contributed by atoms with E-state index < -0.39 is 0 Å². The van der Waals surface area contributed by atoms with Gasteiger partial charge in [-0.3, -0.25) is 0 Å². The Kier molecular flexibility index (Phi) is 2.46. The summed E-state index contributed by atoms with van der Waals surface area (Å²) in [6.07, 6.45) is 1.49. The molecule has 0 saturated heterocycles. The van der Waals surface area contributed by atoms with Crippen LogP contribution in [0, 0.1) is 6.92 Å². The Morgan fingerprint density at radius 3 is 2.44 bits per heavy atom. The molecular weight excluding hydrogens is 204 g/mol. The van der Waals surface area contributed by atoms with Crippen molar-refractivity contribution in [2.24, 2.45) is 0 Å². The monoisotopic (exact) mass is 218 g/mol. The third kappa shape index (κ3) is 2.08. The number of hydrogen-bond donors (Lipinski definition) is 0. The molecule has 2 aromatic rings. The Labute approximate surface area is 94.0 Å². The number of rotatable bonds is 1. The quantitative estimate of drug-likeness (QED) is 0.733. The summed E-state index contributed by atoms with van der Waals surface area (Å²) in [5.74, 6) is 1.05. The molecule has 0 aliphatic rings. The van der Waals surface area contributed by atoms with Crippen molar-refractivity contribution in [3.05, 3.63) is 24.0 Å². The van der Waals surface area contributed by atoms with Gasteiger partial charge in [0.05, 0.1) is 0 Å². The lowest BCUT2D eigenvalue weighted by Crippen LogP contribution is -2.11. The highest BCUT2D eigenvalue weighted by Crippen LogP contribution is 2.23. The van der Waals surface area contributed by atoms with Crippen molar-refractivity contribution < 1.29 is 4.42 Å². The van der Waals surface area contributed by atoms with E-state index in [4.69, 9.17) is 4.42 Å². The summed E-state index contributed by atoms with van der Waals surface area (Å²) in [7, 11) is 0. The van der Waals surface area contributed by atoms with Gasteiger partial charge in [0.15, 0.2) is 0 Å². The fourth-order valence-corrected chi connectivity index (χ4v) is 1.20. The summed E-state index contributed by atoms with van der Waals surface area (Å²) in [5, 5.41) is 8.00. The zero-order valence-corrected chi connectivity index (χ0v) is 9.85. The van der Waals surface area contributed by atoms with Crippen molar-refractivity contribution >= 4 is 0 Å². The zero-order valence-electron chi connectivity index (χ0n) is 9.85. The minimum Gasteiger partial charge on any atom is -0.419 e. The average molecular weight is 218 g/mol. The summed E-state index contributed by atoms with van der Waals surface area (Å²) in [6, 6.07) is 1.82. The van der Waals surface area contributed by atoms with Crippen LogP contribution in [0.5, 0.6) is 0 Å². The standard InChI is InChI=1S/C11H14N4O/c1-7-5-8(13-6-12-7)9-14-15-10(16-9)11(2,3)4/h5-6H,1-4H3. The maximum absolute atomic E-state index is 5.58. The van der Waals surface area contributed by atoms with E-state index in [1.165, 1.54) is 6.33 Å². The first kappa shape index (κ1) is 10.7. The van der Waals surface area contributed by atoms with E-state index in [2.05, 4.69) is 20.2 Å². The second kappa shape index (κ2) is 3.66. The fraction of sp³-hybridized carbons (Fsp3) is 0.455. The van der Waals surface area contributed by atoms with Gasteiger partial charge in [-0.05, 0) is 13.0 Å². The van der Waals surface area contributed by atoms with E-state index in [1.54, 1.807) is 0 Å². The molecule has 5 heteroatoms. The van der Waals surface area contributed by atoms with Gasteiger partial charge in [-0.2, -0.15) is 0 Å². The molecule has 2 heterocycles. The molecule has 0 saturated carbocycles. The first-order valence-electron chi connectivity index (χ1n) is 5.10. The second-order valence-corrected chi connectivity index (χ2v) is 4.71.